The first-order valence-electron chi connectivity index (χ1n) is 9.69. The molecule has 1 fully saturated rings. The SMILES string of the molecule is COC(=O)CCC[S+]([O-])c1ccc2nc(CCC3CCNCC3)n(C)c2c1. The maximum absolute atomic E-state index is 12.5. The molecule has 1 unspecified atom stereocenters. The van der Waals surface area contributed by atoms with Crippen molar-refractivity contribution < 1.29 is 14.1 Å². The molecule has 1 atom stereocenters. The molecule has 0 amide bonds. The Morgan fingerprint density at radius 3 is 2.93 bits per heavy atom. The van der Waals surface area contributed by atoms with Gasteiger partial charge in [-0.1, -0.05) is 0 Å². The number of nitrogens with zero attached hydrogens (tertiary/aromatic N) is 2. The second-order valence-electron chi connectivity index (χ2n) is 7.20. The van der Waals surface area contributed by atoms with Gasteiger partial charge in [-0.05, 0) is 61.6 Å². The zero-order valence-corrected chi connectivity index (χ0v) is 17.0. The molecule has 0 bridgehead atoms. The van der Waals surface area contributed by atoms with Gasteiger partial charge in [-0.3, -0.25) is 4.79 Å². The van der Waals surface area contributed by atoms with Gasteiger partial charge in [-0.2, -0.15) is 0 Å². The molecular weight excluding hydrogens is 362 g/mol. The van der Waals surface area contributed by atoms with E-state index >= 15 is 0 Å². The molecule has 6 nitrogen and oxygen atoms in total. The predicted octanol–water partition coefficient (Wildman–Crippen LogP) is 2.57. The minimum atomic E-state index is -1.12. The number of esters is 1. The fraction of sp³-hybridized carbons (Fsp3) is 0.600. The van der Waals surface area contributed by atoms with Crippen molar-refractivity contribution in [3.8, 4) is 0 Å². The molecule has 1 N–H and O–H groups in total. The molecule has 0 aliphatic carbocycles. The van der Waals surface area contributed by atoms with Crippen LogP contribution in [0.25, 0.3) is 11.0 Å². The summed E-state index contributed by atoms with van der Waals surface area (Å²) in [6.07, 6.45) is 5.51. The average molecular weight is 392 g/mol. The number of imidazole rings is 1. The summed E-state index contributed by atoms with van der Waals surface area (Å²) in [5.41, 5.74) is 1.97. The van der Waals surface area contributed by atoms with Gasteiger partial charge in [0.1, 0.15) is 11.6 Å². The molecule has 27 heavy (non-hydrogen) atoms. The van der Waals surface area contributed by atoms with E-state index < -0.39 is 11.2 Å². The Hall–Kier alpha value is -1.57. The third-order valence-corrected chi connectivity index (χ3v) is 6.82. The smallest absolute Gasteiger partial charge is 0.305 e. The Labute approximate surface area is 163 Å². The fourth-order valence-corrected chi connectivity index (χ4v) is 4.76. The number of methoxy groups -OCH3 is 1. The van der Waals surface area contributed by atoms with Gasteiger partial charge < -0.3 is 19.2 Å². The van der Waals surface area contributed by atoms with E-state index in [0.717, 1.165) is 47.2 Å². The average Bonchev–Trinajstić information content (AvgIpc) is 3.02. The molecule has 0 spiro atoms. The number of rotatable bonds is 8. The maximum atomic E-state index is 12.5. The van der Waals surface area contributed by atoms with Gasteiger partial charge in [0.15, 0.2) is 4.90 Å². The molecule has 148 valence electrons. The molecule has 3 rings (SSSR count). The summed E-state index contributed by atoms with van der Waals surface area (Å²) in [5, 5.41) is 3.41. The second kappa shape index (κ2) is 9.57. The molecule has 1 saturated heterocycles. The van der Waals surface area contributed by atoms with Crippen LogP contribution in [0, 0.1) is 5.92 Å². The fourth-order valence-electron chi connectivity index (χ4n) is 3.66. The van der Waals surface area contributed by atoms with Crippen LogP contribution in [0.15, 0.2) is 23.1 Å². The summed E-state index contributed by atoms with van der Waals surface area (Å²) < 4.78 is 19.3. The Morgan fingerprint density at radius 1 is 1.41 bits per heavy atom. The highest BCUT2D eigenvalue weighted by atomic mass is 32.2. The number of piperidine rings is 1. The van der Waals surface area contributed by atoms with Crippen molar-refractivity contribution in [3.63, 3.8) is 0 Å². The minimum absolute atomic E-state index is 0.257. The van der Waals surface area contributed by atoms with Crippen LogP contribution in [-0.2, 0) is 34.2 Å². The molecule has 2 heterocycles. The first kappa shape index (κ1) is 20.2. The van der Waals surface area contributed by atoms with Crippen LogP contribution in [-0.4, -0.2) is 46.0 Å². The number of ether oxygens (including phenoxy) is 1. The lowest BCUT2D eigenvalue weighted by atomic mass is 9.93. The van der Waals surface area contributed by atoms with Crippen molar-refractivity contribution in [1.29, 1.82) is 0 Å². The van der Waals surface area contributed by atoms with Gasteiger partial charge in [-0.15, -0.1) is 0 Å². The van der Waals surface area contributed by atoms with Crippen LogP contribution >= 0.6 is 0 Å². The van der Waals surface area contributed by atoms with Crippen molar-refractivity contribution in [1.82, 2.24) is 14.9 Å². The molecule has 2 aromatic rings. The number of carbonyl (C=O) groups excluding carboxylic acids is 1. The maximum Gasteiger partial charge on any atom is 0.305 e. The normalized spacial score (nSPS) is 16.6. The Kier molecular flexibility index (Phi) is 7.15. The van der Waals surface area contributed by atoms with Gasteiger partial charge in [0.25, 0.3) is 0 Å². The van der Waals surface area contributed by atoms with Crippen LogP contribution in [0.1, 0.15) is 37.9 Å². The quantitative estimate of drug-likeness (QED) is 0.553. The summed E-state index contributed by atoms with van der Waals surface area (Å²) in [5.74, 6) is 2.08. The Bertz CT molecular complexity index is 771. The van der Waals surface area contributed by atoms with Gasteiger partial charge in [0.05, 0.1) is 18.1 Å². The highest BCUT2D eigenvalue weighted by Gasteiger charge is 2.17. The van der Waals surface area contributed by atoms with E-state index in [1.165, 1.54) is 26.4 Å². The zero-order valence-electron chi connectivity index (χ0n) is 16.2. The number of fused-ring (bicyclic) bond motifs is 1. The first-order valence-corrected chi connectivity index (χ1v) is 11.0. The monoisotopic (exact) mass is 391 g/mol. The first-order chi connectivity index (χ1) is 13.1. The number of nitrogens with one attached hydrogen (secondary N) is 1. The van der Waals surface area contributed by atoms with Gasteiger partial charge in [0.2, 0.25) is 0 Å². The third-order valence-electron chi connectivity index (χ3n) is 5.38. The zero-order chi connectivity index (χ0) is 19.2. The standard InChI is InChI=1S/C20H29N3O3S/c1-23-18-14-16(27(25)13-3-4-20(24)26-2)6-7-17(18)22-19(23)8-5-15-9-11-21-12-10-15/h6-7,14-15,21H,3-5,8-13H2,1-2H3. The summed E-state index contributed by atoms with van der Waals surface area (Å²) in [7, 11) is 3.41. The molecule has 1 aromatic carbocycles. The number of aryl methyl sites for hydroxylation is 2. The van der Waals surface area contributed by atoms with Gasteiger partial charge in [-0.25, -0.2) is 4.98 Å². The molecule has 0 radical (unpaired) electrons. The number of benzene rings is 1. The topological polar surface area (TPSA) is 79.2 Å². The van der Waals surface area contributed by atoms with Crippen LogP contribution in [0.5, 0.6) is 0 Å². The second-order valence-corrected chi connectivity index (χ2v) is 8.77. The van der Waals surface area contributed by atoms with E-state index in [0.29, 0.717) is 18.6 Å². The van der Waals surface area contributed by atoms with Crippen LogP contribution < -0.4 is 5.32 Å². The van der Waals surface area contributed by atoms with E-state index in [4.69, 9.17) is 4.98 Å². The van der Waals surface area contributed by atoms with Crippen molar-refractivity contribution in [2.24, 2.45) is 13.0 Å². The highest BCUT2D eigenvalue weighted by Crippen LogP contribution is 2.24. The van der Waals surface area contributed by atoms with E-state index in [1.54, 1.807) is 0 Å². The Morgan fingerprint density at radius 2 is 2.19 bits per heavy atom. The lowest BCUT2D eigenvalue weighted by Crippen LogP contribution is -2.28. The lowest BCUT2D eigenvalue weighted by molar-refractivity contribution is -0.140. The lowest BCUT2D eigenvalue weighted by Gasteiger charge is -2.22. The van der Waals surface area contributed by atoms with E-state index in [9.17, 15) is 9.35 Å². The van der Waals surface area contributed by atoms with Crippen molar-refractivity contribution in [2.45, 2.75) is 43.4 Å². The van der Waals surface area contributed by atoms with E-state index in [1.807, 2.05) is 25.2 Å². The Balaban J connectivity index is 1.64. The molecule has 7 heteroatoms. The van der Waals surface area contributed by atoms with Crippen LogP contribution in [0.2, 0.25) is 0 Å². The number of carbonyl (C=O) groups is 1. The number of hydrogen-bond acceptors (Lipinski definition) is 5. The van der Waals surface area contributed by atoms with Gasteiger partial charge >= 0.3 is 5.97 Å². The summed E-state index contributed by atoms with van der Waals surface area (Å²) in [6, 6.07) is 5.82. The van der Waals surface area contributed by atoms with Crippen molar-refractivity contribution >= 4 is 28.2 Å². The highest BCUT2D eigenvalue weighted by molar-refractivity contribution is 7.91. The van der Waals surface area contributed by atoms with Crippen LogP contribution in [0.3, 0.4) is 0 Å². The summed E-state index contributed by atoms with van der Waals surface area (Å²) in [6.45, 7) is 2.25. The molecular formula is C20H29N3O3S. The van der Waals surface area contributed by atoms with E-state index in [-0.39, 0.29) is 5.97 Å². The van der Waals surface area contributed by atoms with Gasteiger partial charge in [0, 0.05) is 32.4 Å². The number of aromatic nitrogens is 2. The van der Waals surface area contributed by atoms with Crippen LogP contribution in [0.4, 0.5) is 0 Å². The third kappa shape index (κ3) is 5.24. The molecule has 1 aromatic heterocycles. The van der Waals surface area contributed by atoms with Crippen molar-refractivity contribution in [3.05, 3.63) is 24.0 Å². The molecule has 0 saturated carbocycles. The molecule has 1 aliphatic rings. The largest absolute Gasteiger partial charge is 0.611 e. The summed E-state index contributed by atoms with van der Waals surface area (Å²) in [4.78, 5) is 16.8. The number of hydrogen-bond donors (Lipinski definition) is 1. The van der Waals surface area contributed by atoms with Crippen molar-refractivity contribution in [2.75, 3.05) is 26.0 Å². The molecule has 1 aliphatic heterocycles. The summed E-state index contributed by atoms with van der Waals surface area (Å²) >= 11 is -1.12. The predicted molar refractivity (Wildman–Crippen MR) is 107 cm³/mol. The van der Waals surface area contributed by atoms with E-state index in [2.05, 4.69) is 14.6 Å². The minimum Gasteiger partial charge on any atom is -0.611 e.